The highest BCUT2D eigenvalue weighted by Gasteiger charge is 2.15. The fourth-order valence-electron chi connectivity index (χ4n) is 2.36. The Bertz CT molecular complexity index is 886. The molecule has 0 amide bonds. The van der Waals surface area contributed by atoms with E-state index in [1.807, 2.05) is 60.7 Å². The standard InChI is InChI=1S/C15H16O4.C9H12O2.C3H3ClO/c1-3-13(16)10-18-14(11-19-15(17)4-2)12-8-6-5-7-9-12;10-6-9(7-11)8-4-2-1-3-5-8;1-2-3(4)5/h3-9,14H,1-2,10-11H2;1-5,9-11H,6-7H2;2H,1H2. The van der Waals surface area contributed by atoms with Crippen LogP contribution in [0.3, 0.4) is 0 Å². The van der Waals surface area contributed by atoms with E-state index < -0.39 is 17.3 Å². The maximum absolute atomic E-state index is 11.2. The van der Waals surface area contributed by atoms with Gasteiger partial charge in [0.1, 0.15) is 19.3 Å². The SMILES string of the molecule is C=CC(=O)COC(COC(=O)C=C)c1ccccc1.C=CC(=O)Cl.OCC(CO)c1ccccc1. The Morgan fingerprint density at radius 3 is 1.71 bits per heavy atom. The molecule has 0 saturated heterocycles. The molecule has 188 valence electrons. The molecule has 0 bridgehead atoms. The first-order valence-corrected chi connectivity index (χ1v) is 10.9. The van der Waals surface area contributed by atoms with Crippen LogP contribution >= 0.6 is 11.6 Å². The van der Waals surface area contributed by atoms with Gasteiger partial charge in [-0.1, -0.05) is 80.4 Å². The van der Waals surface area contributed by atoms with Crippen molar-refractivity contribution in [2.75, 3.05) is 26.4 Å². The van der Waals surface area contributed by atoms with Gasteiger partial charge in [-0.05, 0) is 34.9 Å². The molecular formula is C27H31ClO7. The summed E-state index contributed by atoms with van der Waals surface area (Å²) in [7, 11) is 0. The Balaban J connectivity index is 0.000000605. The van der Waals surface area contributed by atoms with Gasteiger partial charge in [-0.25, -0.2) is 4.79 Å². The largest absolute Gasteiger partial charge is 0.459 e. The summed E-state index contributed by atoms with van der Waals surface area (Å²) < 4.78 is 10.4. The van der Waals surface area contributed by atoms with Crippen LogP contribution in [0, 0.1) is 0 Å². The Labute approximate surface area is 211 Å². The first-order valence-electron chi connectivity index (χ1n) is 10.5. The molecule has 0 fully saturated rings. The van der Waals surface area contributed by atoms with E-state index in [1.54, 1.807) is 0 Å². The van der Waals surface area contributed by atoms with Gasteiger partial charge in [0.05, 0.1) is 13.2 Å². The van der Waals surface area contributed by atoms with Crippen LogP contribution in [0.25, 0.3) is 0 Å². The first-order chi connectivity index (χ1) is 16.8. The molecule has 0 aromatic heterocycles. The average Bonchev–Trinajstić information content (AvgIpc) is 2.90. The van der Waals surface area contributed by atoms with Crippen molar-refractivity contribution in [3.63, 3.8) is 0 Å². The molecule has 0 heterocycles. The van der Waals surface area contributed by atoms with E-state index in [9.17, 15) is 14.4 Å². The van der Waals surface area contributed by atoms with Crippen molar-refractivity contribution in [3.8, 4) is 0 Å². The van der Waals surface area contributed by atoms with E-state index >= 15 is 0 Å². The summed E-state index contributed by atoms with van der Waals surface area (Å²) >= 11 is 4.71. The third-order valence-corrected chi connectivity index (χ3v) is 4.40. The molecule has 2 rings (SSSR count). The third kappa shape index (κ3) is 15.2. The minimum atomic E-state index is -0.528. The fourth-order valence-corrected chi connectivity index (χ4v) is 2.36. The Morgan fingerprint density at radius 2 is 1.31 bits per heavy atom. The second-order valence-electron chi connectivity index (χ2n) is 6.70. The summed E-state index contributed by atoms with van der Waals surface area (Å²) in [4.78, 5) is 31.7. The van der Waals surface area contributed by atoms with Crippen LogP contribution < -0.4 is 0 Å². The Kier molecular flexibility index (Phi) is 18.1. The van der Waals surface area contributed by atoms with Crippen LogP contribution in [0.2, 0.25) is 0 Å². The number of carbonyl (C=O) groups is 3. The number of aliphatic hydroxyl groups excluding tert-OH is 2. The Morgan fingerprint density at radius 1 is 0.829 bits per heavy atom. The van der Waals surface area contributed by atoms with Crippen LogP contribution in [0.1, 0.15) is 23.1 Å². The van der Waals surface area contributed by atoms with Gasteiger partial charge in [-0.2, -0.15) is 0 Å². The zero-order valence-corrected chi connectivity index (χ0v) is 20.2. The maximum Gasteiger partial charge on any atom is 0.330 e. The number of hydrogen-bond donors (Lipinski definition) is 2. The first kappa shape index (κ1) is 31.6. The number of ketones is 1. The van der Waals surface area contributed by atoms with Crippen molar-refractivity contribution in [2.45, 2.75) is 12.0 Å². The van der Waals surface area contributed by atoms with Crippen molar-refractivity contribution in [2.24, 2.45) is 0 Å². The minimum Gasteiger partial charge on any atom is -0.459 e. The quantitative estimate of drug-likeness (QED) is 0.257. The summed E-state index contributed by atoms with van der Waals surface area (Å²) in [6, 6.07) is 18.7. The van der Waals surface area contributed by atoms with Gasteiger partial charge in [0.2, 0.25) is 5.24 Å². The number of hydrogen-bond acceptors (Lipinski definition) is 7. The molecule has 2 aromatic carbocycles. The van der Waals surface area contributed by atoms with Gasteiger partial charge in [0.25, 0.3) is 0 Å². The number of carbonyl (C=O) groups excluding carboxylic acids is 3. The summed E-state index contributed by atoms with van der Waals surface area (Å²) in [6.45, 7) is 9.69. The van der Waals surface area contributed by atoms with Gasteiger partial charge >= 0.3 is 5.97 Å². The molecule has 0 aliphatic carbocycles. The smallest absolute Gasteiger partial charge is 0.330 e. The van der Waals surface area contributed by atoms with Crippen LogP contribution in [0.5, 0.6) is 0 Å². The van der Waals surface area contributed by atoms with Crippen molar-refractivity contribution in [1.82, 2.24) is 0 Å². The van der Waals surface area contributed by atoms with Crippen LogP contribution in [-0.4, -0.2) is 53.6 Å². The molecular weight excluding hydrogens is 472 g/mol. The van der Waals surface area contributed by atoms with E-state index in [0.717, 1.165) is 23.3 Å². The van der Waals surface area contributed by atoms with Gasteiger partial charge in [0, 0.05) is 12.0 Å². The maximum atomic E-state index is 11.2. The van der Waals surface area contributed by atoms with Gasteiger partial charge in [-0.15, -0.1) is 0 Å². The average molecular weight is 503 g/mol. The fraction of sp³-hybridized carbons (Fsp3) is 0.222. The summed E-state index contributed by atoms with van der Waals surface area (Å²) in [5.74, 6) is -0.883. The zero-order chi connectivity index (χ0) is 26.5. The number of allylic oxidation sites excluding steroid dienone is 1. The summed E-state index contributed by atoms with van der Waals surface area (Å²) in [6.07, 6.45) is 2.82. The zero-order valence-electron chi connectivity index (χ0n) is 19.4. The van der Waals surface area contributed by atoms with Crippen molar-refractivity contribution in [3.05, 3.63) is 110 Å². The predicted octanol–water partition coefficient (Wildman–Crippen LogP) is 3.92. The molecule has 1 atom stereocenters. The highest BCUT2D eigenvalue weighted by Crippen LogP contribution is 2.17. The van der Waals surface area contributed by atoms with Crippen LogP contribution in [0.15, 0.2) is 98.6 Å². The van der Waals surface area contributed by atoms with E-state index in [-0.39, 0.29) is 38.1 Å². The highest BCUT2D eigenvalue weighted by molar-refractivity contribution is 6.66. The second-order valence-corrected chi connectivity index (χ2v) is 7.07. The molecule has 0 spiro atoms. The van der Waals surface area contributed by atoms with E-state index in [0.29, 0.717) is 0 Å². The van der Waals surface area contributed by atoms with Gasteiger partial charge in [-0.3, -0.25) is 9.59 Å². The molecule has 2 aromatic rings. The summed E-state index contributed by atoms with van der Waals surface area (Å²) in [5.41, 5.74) is 1.81. The van der Waals surface area contributed by atoms with Gasteiger partial charge in [0.15, 0.2) is 5.78 Å². The lowest BCUT2D eigenvalue weighted by atomic mass is 10.0. The molecule has 7 nitrogen and oxygen atoms in total. The van der Waals surface area contributed by atoms with E-state index in [2.05, 4.69) is 19.7 Å². The number of esters is 1. The summed E-state index contributed by atoms with van der Waals surface area (Å²) in [5, 5.41) is 17.1. The predicted molar refractivity (Wildman–Crippen MR) is 136 cm³/mol. The van der Waals surface area contributed by atoms with E-state index in [1.165, 1.54) is 6.08 Å². The normalized spacial score (nSPS) is 10.4. The molecule has 8 heteroatoms. The molecule has 2 N–H and O–H groups in total. The van der Waals surface area contributed by atoms with Crippen molar-refractivity contribution in [1.29, 1.82) is 0 Å². The van der Waals surface area contributed by atoms with Crippen LogP contribution in [-0.2, 0) is 23.9 Å². The molecule has 1 unspecified atom stereocenters. The minimum absolute atomic E-state index is 0.000509. The Hall–Kier alpha value is -3.36. The monoisotopic (exact) mass is 502 g/mol. The third-order valence-electron chi connectivity index (χ3n) is 4.24. The van der Waals surface area contributed by atoms with Gasteiger partial charge < -0.3 is 19.7 Å². The number of aliphatic hydroxyl groups is 2. The lowest BCUT2D eigenvalue weighted by molar-refractivity contribution is -0.142. The number of halogens is 1. The number of benzene rings is 2. The molecule has 0 aliphatic rings. The van der Waals surface area contributed by atoms with E-state index in [4.69, 9.17) is 31.3 Å². The molecule has 0 aliphatic heterocycles. The molecule has 35 heavy (non-hydrogen) atoms. The number of rotatable bonds is 12. The number of ether oxygens (including phenoxy) is 2. The topological polar surface area (TPSA) is 110 Å². The lowest BCUT2D eigenvalue weighted by Crippen LogP contribution is -2.17. The molecule has 0 saturated carbocycles. The van der Waals surface area contributed by atoms with Crippen molar-refractivity contribution < 1.29 is 34.1 Å². The second kappa shape index (κ2) is 20.1. The molecule has 0 radical (unpaired) electrons. The highest BCUT2D eigenvalue weighted by atomic mass is 35.5. The van der Waals surface area contributed by atoms with Crippen molar-refractivity contribution >= 4 is 28.6 Å². The lowest BCUT2D eigenvalue weighted by Gasteiger charge is -2.17. The van der Waals surface area contributed by atoms with Crippen LogP contribution in [0.4, 0.5) is 0 Å².